The SMILES string of the molecule is O=C(CCn1cncn1)Nc1ccc(C2CCN(C(=O)c3cc4cc(-c5ccccc5)ccn4n3)CC2)cc1. The molecule has 6 rings (SSSR count). The quantitative estimate of drug-likeness (QED) is 0.338. The molecule has 2 aromatic carbocycles. The van der Waals surface area contributed by atoms with Crippen molar-refractivity contribution in [1.29, 1.82) is 0 Å². The number of rotatable bonds is 7. The van der Waals surface area contributed by atoms with Gasteiger partial charge in [-0.1, -0.05) is 42.5 Å². The van der Waals surface area contributed by atoms with Crippen LogP contribution in [-0.2, 0) is 11.3 Å². The number of aromatic nitrogens is 5. The Morgan fingerprint density at radius 2 is 1.72 bits per heavy atom. The van der Waals surface area contributed by atoms with E-state index in [4.69, 9.17) is 0 Å². The van der Waals surface area contributed by atoms with Crippen LogP contribution in [-0.4, -0.2) is 54.2 Å². The molecule has 0 unspecified atom stereocenters. The van der Waals surface area contributed by atoms with Gasteiger partial charge in [-0.25, -0.2) is 9.50 Å². The van der Waals surface area contributed by atoms with Crippen LogP contribution in [0.15, 0.2) is 91.6 Å². The lowest BCUT2D eigenvalue weighted by Crippen LogP contribution is -2.38. The summed E-state index contributed by atoms with van der Waals surface area (Å²) in [7, 11) is 0. The van der Waals surface area contributed by atoms with Gasteiger partial charge in [-0.3, -0.25) is 14.3 Å². The topological polar surface area (TPSA) is 97.4 Å². The van der Waals surface area contributed by atoms with E-state index < -0.39 is 0 Å². The summed E-state index contributed by atoms with van der Waals surface area (Å²) in [6.07, 6.45) is 7.07. The minimum atomic E-state index is -0.0618. The Kier molecular flexibility index (Phi) is 6.86. The molecule has 2 amide bonds. The number of amides is 2. The zero-order valence-electron chi connectivity index (χ0n) is 21.5. The highest BCUT2D eigenvalue weighted by Crippen LogP contribution is 2.30. The molecule has 1 aliphatic rings. The molecule has 39 heavy (non-hydrogen) atoms. The van der Waals surface area contributed by atoms with E-state index >= 15 is 0 Å². The van der Waals surface area contributed by atoms with Crippen LogP contribution in [0.4, 0.5) is 5.69 Å². The first-order chi connectivity index (χ1) is 19.1. The average molecular weight is 520 g/mol. The Hall–Kier alpha value is -4.79. The van der Waals surface area contributed by atoms with Gasteiger partial charge in [0.05, 0.1) is 12.1 Å². The van der Waals surface area contributed by atoms with Crippen LogP contribution in [0.3, 0.4) is 0 Å². The molecule has 1 aliphatic heterocycles. The van der Waals surface area contributed by atoms with E-state index in [2.05, 4.69) is 50.8 Å². The number of benzene rings is 2. The third kappa shape index (κ3) is 5.57. The summed E-state index contributed by atoms with van der Waals surface area (Å²) in [6, 6.07) is 24.2. The second kappa shape index (κ2) is 10.9. The molecule has 5 aromatic rings. The third-order valence-electron chi connectivity index (χ3n) is 7.27. The van der Waals surface area contributed by atoms with Gasteiger partial charge in [0.2, 0.25) is 5.91 Å². The summed E-state index contributed by atoms with van der Waals surface area (Å²) >= 11 is 0. The maximum absolute atomic E-state index is 13.2. The number of nitrogens with zero attached hydrogens (tertiary/aromatic N) is 6. The first kappa shape index (κ1) is 24.5. The predicted octanol–water partition coefficient (Wildman–Crippen LogP) is 4.64. The van der Waals surface area contributed by atoms with Gasteiger partial charge < -0.3 is 10.2 Å². The Labute approximate surface area is 226 Å². The van der Waals surface area contributed by atoms with Crippen molar-refractivity contribution in [2.24, 2.45) is 0 Å². The largest absolute Gasteiger partial charge is 0.337 e. The monoisotopic (exact) mass is 519 g/mol. The fraction of sp³-hybridized carbons (Fsp3) is 0.233. The molecule has 1 N–H and O–H groups in total. The van der Waals surface area contributed by atoms with Crippen LogP contribution in [0, 0.1) is 0 Å². The summed E-state index contributed by atoms with van der Waals surface area (Å²) in [5.41, 5.74) is 5.61. The number of carbonyl (C=O) groups is 2. The molecule has 9 heteroatoms. The summed E-state index contributed by atoms with van der Waals surface area (Å²) in [4.78, 5) is 31.3. The molecule has 0 bridgehead atoms. The van der Waals surface area contributed by atoms with E-state index in [1.165, 1.54) is 11.9 Å². The van der Waals surface area contributed by atoms with Crippen molar-refractivity contribution in [2.75, 3.05) is 18.4 Å². The van der Waals surface area contributed by atoms with Gasteiger partial charge in [0.1, 0.15) is 12.7 Å². The summed E-state index contributed by atoms with van der Waals surface area (Å²) in [6.45, 7) is 1.87. The smallest absolute Gasteiger partial charge is 0.274 e. The first-order valence-corrected chi connectivity index (χ1v) is 13.2. The van der Waals surface area contributed by atoms with Crippen LogP contribution in [0.5, 0.6) is 0 Å². The van der Waals surface area contributed by atoms with E-state index in [0.29, 0.717) is 37.7 Å². The molecule has 1 fully saturated rings. The lowest BCUT2D eigenvalue weighted by molar-refractivity contribution is -0.116. The van der Waals surface area contributed by atoms with Crippen LogP contribution in [0.1, 0.15) is 41.2 Å². The van der Waals surface area contributed by atoms with Crippen molar-refractivity contribution in [2.45, 2.75) is 31.7 Å². The van der Waals surface area contributed by atoms with Crippen molar-refractivity contribution >= 4 is 23.0 Å². The molecule has 1 saturated heterocycles. The second-order valence-electron chi connectivity index (χ2n) is 9.83. The molecule has 0 saturated carbocycles. The number of pyridine rings is 1. The standard InChI is InChI=1S/C30H29N7O2/c38-29(13-16-36-21-31-20-32-36)33-26-8-6-23(7-9-26)24-10-14-35(15-11-24)30(39)28-19-27-18-25(12-17-37(27)34-28)22-4-2-1-3-5-22/h1-9,12,17-21,24H,10-11,13-16H2,(H,33,38). The molecule has 196 valence electrons. The number of anilines is 1. The number of fused-ring (bicyclic) bond motifs is 1. The molecular formula is C30H29N7O2. The van der Waals surface area contributed by atoms with Crippen LogP contribution in [0.2, 0.25) is 0 Å². The number of piperidine rings is 1. The lowest BCUT2D eigenvalue weighted by atomic mass is 9.89. The number of hydrogen-bond donors (Lipinski definition) is 1. The van der Waals surface area contributed by atoms with Gasteiger partial charge in [0.15, 0.2) is 5.69 Å². The molecule has 4 heterocycles. The van der Waals surface area contributed by atoms with Gasteiger partial charge in [0.25, 0.3) is 5.91 Å². The normalized spacial score (nSPS) is 14.0. The van der Waals surface area contributed by atoms with E-state index in [0.717, 1.165) is 35.2 Å². The minimum Gasteiger partial charge on any atom is -0.337 e. The summed E-state index contributed by atoms with van der Waals surface area (Å²) in [5.74, 6) is 0.288. The van der Waals surface area contributed by atoms with Crippen molar-refractivity contribution in [3.05, 3.63) is 103 Å². The van der Waals surface area contributed by atoms with Gasteiger partial charge in [-0.2, -0.15) is 10.2 Å². The van der Waals surface area contributed by atoms with Crippen molar-refractivity contribution in [1.82, 2.24) is 29.3 Å². The van der Waals surface area contributed by atoms with Crippen LogP contribution >= 0.6 is 0 Å². The van der Waals surface area contributed by atoms with E-state index in [1.54, 1.807) is 15.5 Å². The predicted molar refractivity (Wildman–Crippen MR) is 148 cm³/mol. The number of hydrogen-bond acceptors (Lipinski definition) is 5. The van der Waals surface area contributed by atoms with Gasteiger partial charge in [0, 0.05) is 31.4 Å². The van der Waals surface area contributed by atoms with E-state index in [-0.39, 0.29) is 11.8 Å². The fourth-order valence-corrected chi connectivity index (χ4v) is 5.11. The van der Waals surface area contributed by atoms with Crippen LogP contribution in [0.25, 0.3) is 16.6 Å². The van der Waals surface area contributed by atoms with Crippen molar-refractivity contribution < 1.29 is 9.59 Å². The fourth-order valence-electron chi connectivity index (χ4n) is 5.11. The zero-order valence-corrected chi connectivity index (χ0v) is 21.5. The lowest BCUT2D eigenvalue weighted by Gasteiger charge is -2.31. The molecule has 0 radical (unpaired) electrons. The maximum Gasteiger partial charge on any atom is 0.274 e. The van der Waals surface area contributed by atoms with E-state index in [9.17, 15) is 9.59 Å². The second-order valence-corrected chi connectivity index (χ2v) is 9.83. The Balaban J connectivity index is 1.03. The highest BCUT2D eigenvalue weighted by atomic mass is 16.2. The van der Waals surface area contributed by atoms with Gasteiger partial charge >= 0.3 is 0 Å². The minimum absolute atomic E-state index is 0.0256. The molecule has 0 atom stereocenters. The Bertz CT molecular complexity index is 1570. The number of aryl methyl sites for hydroxylation is 1. The van der Waals surface area contributed by atoms with Crippen molar-refractivity contribution in [3.8, 4) is 11.1 Å². The first-order valence-electron chi connectivity index (χ1n) is 13.2. The molecule has 9 nitrogen and oxygen atoms in total. The van der Waals surface area contributed by atoms with E-state index in [1.807, 2.05) is 53.6 Å². The summed E-state index contributed by atoms with van der Waals surface area (Å²) in [5, 5.41) is 11.5. The number of likely N-dealkylation sites (tertiary alicyclic amines) is 1. The maximum atomic E-state index is 13.2. The third-order valence-corrected chi connectivity index (χ3v) is 7.27. The Morgan fingerprint density at radius 1 is 0.923 bits per heavy atom. The molecular weight excluding hydrogens is 490 g/mol. The average Bonchev–Trinajstić information content (AvgIpc) is 3.66. The highest BCUT2D eigenvalue weighted by molar-refractivity contribution is 5.94. The Morgan fingerprint density at radius 3 is 2.46 bits per heavy atom. The molecule has 0 aliphatic carbocycles. The number of carbonyl (C=O) groups excluding carboxylic acids is 2. The zero-order chi connectivity index (χ0) is 26.6. The molecule has 0 spiro atoms. The van der Waals surface area contributed by atoms with Gasteiger partial charge in [-0.05, 0) is 65.8 Å². The van der Waals surface area contributed by atoms with Crippen LogP contribution < -0.4 is 5.32 Å². The highest BCUT2D eigenvalue weighted by Gasteiger charge is 2.26. The molecule has 3 aromatic heterocycles. The number of nitrogens with one attached hydrogen (secondary N) is 1. The summed E-state index contributed by atoms with van der Waals surface area (Å²) < 4.78 is 3.40. The van der Waals surface area contributed by atoms with Crippen molar-refractivity contribution in [3.63, 3.8) is 0 Å². The van der Waals surface area contributed by atoms with Gasteiger partial charge in [-0.15, -0.1) is 0 Å².